The van der Waals surface area contributed by atoms with E-state index in [0.29, 0.717) is 30.2 Å². The Morgan fingerprint density at radius 2 is 1.96 bits per heavy atom. The Bertz CT molecular complexity index is 933. The van der Waals surface area contributed by atoms with Crippen LogP contribution < -0.4 is 0 Å². The summed E-state index contributed by atoms with van der Waals surface area (Å²) in [4.78, 5) is 18.1. The minimum Gasteiger partial charge on any atom is -0.467 e. The van der Waals surface area contributed by atoms with Crippen molar-refractivity contribution < 1.29 is 26.9 Å². The number of alkyl halides is 3. The summed E-state index contributed by atoms with van der Waals surface area (Å²) in [6.07, 6.45) is -2.62. The van der Waals surface area contributed by atoms with Crippen molar-refractivity contribution in [3.63, 3.8) is 0 Å². The zero-order valence-corrected chi connectivity index (χ0v) is 13.9. The summed E-state index contributed by atoms with van der Waals surface area (Å²) in [5, 5.41) is 3.90. The number of hydrogen-bond donors (Lipinski definition) is 0. The molecule has 0 aliphatic carbocycles. The molecule has 1 aromatic carbocycles. The van der Waals surface area contributed by atoms with Crippen LogP contribution >= 0.6 is 0 Å². The van der Waals surface area contributed by atoms with Gasteiger partial charge in [0.2, 0.25) is 5.91 Å². The Kier molecular flexibility index (Phi) is 4.21. The molecule has 0 radical (unpaired) electrons. The van der Waals surface area contributed by atoms with Crippen LogP contribution in [0.3, 0.4) is 0 Å². The largest absolute Gasteiger partial charge is 0.467 e. The van der Waals surface area contributed by atoms with Gasteiger partial charge in [0, 0.05) is 24.4 Å². The van der Waals surface area contributed by atoms with Gasteiger partial charge in [-0.3, -0.25) is 4.79 Å². The Balaban J connectivity index is 1.47. The number of benzene rings is 1. The summed E-state index contributed by atoms with van der Waals surface area (Å²) < 4.78 is 48.4. The molecular weight excluding hydrogens is 363 g/mol. The van der Waals surface area contributed by atoms with Gasteiger partial charge in [-0.15, -0.1) is 0 Å². The van der Waals surface area contributed by atoms with Gasteiger partial charge < -0.3 is 13.8 Å². The summed E-state index contributed by atoms with van der Waals surface area (Å²) in [7, 11) is 0. The maximum absolute atomic E-state index is 12.6. The van der Waals surface area contributed by atoms with E-state index >= 15 is 0 Å². The Morgan fingerprint density at radius 1 is 1.19 bits per heavy atom. The molecule has 1 aliphatic rings. The third kappa shape index (κ3) is 3.57. The number of furan rings is 1. The lowest BCUT2D eigenvalue weighted by Gasteiger charge is -2.13. The minimum atomic E-state index is -4.40. The molecule has 1 amide bonds. The summed E-state index contributed by atoms with van der Waals surface area (Å²) in [6, 6.07) is 8.03. The standard InChI is InChI=1S/C18H14F3N3O3/c19-18(20,21)13-5-3-11(4-6-13)17-22-16(23-27-17)12-8-15(25)24(9-12)10-14-2-1-7-26-14/h1-7,12H,8-10H2. The molecule has 2 aromatic heterocycles. The van der Waals surface area contributed by atoms with E-state index in [9.17, 15) is 18.0 Å². The van der Waals surface area contributed by atoms with Crippen LogP contribution in [0.15, 0.2) is 51.6 Å². The van der Waals surface area contributed by atoms with Gasteiger partial charge in [0.1, 0.15) is 5.76 Å². The molecule has 3 heterocycles. The number of carbonyl (C=O) groups excluding carboxylic acids is 1. The van der Waals surface area contributed by atoms with Crippen molar-refractivity contribution in [2.24, 2.45) is 0 Å². The van der Waals surface area contributed by atoms with Crippen molar-refractivity contribution in [2.45, 2.75) is 25.1 Å². The first-order chi connectivity index (χ1) is 12.9. The van der Waals surface area contributed by atoms with Gasteiger partial charge in [0.25, 0.3) is 5.89 Å². The van der Waals surface area contributed by atoms with E-state index in [-0.39, 0.29) is 24.1 Å². The Hall–Kier alpha value is -3.10. The highest BCUT2D eigenvalue weighted by molar-refractivity contribution is 5.79. The van der Waals surface area contributed by atoms with Gasteiger partial charge in [-0.05, 0) is 36.4 Å². The molecule has 0 spiro atoms. The summed E-state index contributed by atoms with van der Waals surface area (Å²) in [5.41, 5.74) is -0.362. The van der Waals surface area contributed by atoms with E-state index in [1.807, 2.05) is 0 Å². The van der Waals surface area contributed by atoms with Crippen molar-refractivity contribution in [1.82, 2.24) is 15.0 Å². The summed E-state index contributed by atoms with van der Waals surface area (Å²) >= 11 is 0. The fourth-order valence-corrected chi connectivity index (χ4v) is 3.01. The summed E-state index contributed by atoms with van der Waals surface area (Å²) in [6.45, 7) is 0.789. The number of likely N-dealkylation sites (tertiary alicyclic amines) is 1. The highest BCUT2D eigenvalue weighted by Crippen LogP contribution is 2.32. The number of halogens is 3. The lowest BCUT2D eigenvalue weighted by atomic mass is 10.1. The van der Waals surface area contributed by atoms with Crippen LogP contribution in [0, 0.1) is 0 Å². The maximum atomic E-state index is 12.6. The molecule has 9 heteroatoms. The summed E-state index contributed by atoms with van der Waals surface area (Å²) in [5.74, 6) is 0.884. The lowest BCUT2D eigenvalue weighted by molar-refractivity contribution is -0.137. The highest BCUT2D eigenvalue weighted by Gasteiger charge is 2.34. The lowest BCUT2D eigenvalue weighted by Crippen LogP contribution is -2.24. The molecule has 1 aliphatic heterocycles. The van der Waals surface area contributed by atoms with Gasteiger partial charge in [0.15, 0.2) is 5.82 Å². The van der Waals surface area contributed by atoms with E-state index in [0.717, 1.165) is 12.1 Å². The number of hydrogen-bond acceptors (Lipinski definition) is 5. The fourth-order valence-electron chi connectivity index (χ4n) is 3.01. The molecule has 1 saturated heterocycles. The number of amides is 1. The molecule has 6 nitrogen and oxygen atoms in total. The van der Waals surface area contributed by atoms with Crippen molar-refractivity contribution in [3.8, 4) is 11.5 Å². The monoisotopic (exact) mass is 377 g/mol. The average molecular weight is 377 g/mol. The Morgan fingerprint density at radius 3 is 2.63 bits per heavy atom. The van der Waals surface area contributed by atoms with Crippen molar-refractivity contribution >= 4 is 5.91 Å². The van der Waals surface area contributed by atoms with Crippen molar-refractivity contribution in [1.29, 1.82) is 0 Å². The first-order valence-corrected chi connectivity index (χ1v) is 8.21. The molecule has 0 N–H and O–H groups in total. The topological polar surface area (TPSA) is 72.4 Å². The molecule has 27 heavy (non-hydrogen) atoms. The minimum absolute atomic E-state index is 0.0442. The van der Waals surface area contributed by atoms with E-state index in [4.69, 9.17) is 8.94 Å². The Labute approximate surface area is 151 Å². The van der Waals surface area contributed by atoms with Gasteiger partial charge in [-0.2, -0.15) is 18.2 Å². The van der Waals surface area contributed by atoms with E-state index in [1.54, 1.807) is 23.3 Å². The molecule has 1 atom stereocenters. The maximum Gasteiger partial charge on any atom is 0.416 e. The van der Waals surface area contributed by atoms with Crippen LogP contribution in [0.2, 0.25) is 0 Å². The van der Waals surface area contributed by atoms with Crippen molar-refractivity contribution in [3.05, 3.63) is 59.8 Å². The molecule has 140 valence electrons. The van der Waals surface area contributed by atoms with E-state index in [2.05, 4.69) is 10.1 Å². The van der Waals surface area contributed by atoms with Crippen LogP contribution in [-0.2, 0) is 17.5 Å². The zero-order valence-electron chi connectivity index (χ0n) is 13.9. The van der Waals surface area contributed by atoms with Crippen LogP contribution in [0.1, 0.15) is 29.5 Å². The third-order valence-corrected chi connectivity index (χ3v) is 4.41. The van der Waals surface area contributed by atoms with Gasteiger partial charge in [-0.25, -0.2) is 0 Å². The van der Waals surface area contributed by atoms with Gasteiger partial charge >= 0.3 is 6.18 Å². The molecule has 0 bridgehead atoms. The second kappa shape index (κ2) is 6.57. The molecule has 4 rings (SSSR count). The highest BCUT2D eigenvalue weighted by atomic mass is 19.4. The average Bonchev–Trinajstić information content (AvgIpc) is 3.37. The number of aromatic nitrogens is 2. The molecule has 1 unspecified atom stereocenters. The van der Waals surface area contributed by atoms with E-state index < -0.39 is 11.7 Å². The van der Waals surface area contributed by atoms with Crippen molar-refractivity contribution in [2.75, 3.05) is 6.54 Å². The van der Waals surface area contributed by atoms with Crippen LogP contribution in [0.25, 0.3) is 11.5 Å². The zero-order chi connectivity index (χ0) is 19.0. The van der Waals surface area contributed by atoms with Crippen LogP contribution in [0.5, 0.6) is 0 Å². The smallest absolute Gasteiger partial charge is 0.416 e. The number of rotatable bonds is 4. The predicted octanol–water partition coefficient (Wildman–Crippen LogP) is 3.86. The van der Waals surface area contributed by atoms with E-state index in [1.165, 1.54) is 12.1 Å². The predicted molar refractivity (Wildman–Crippen MR) is 86.2 cm³/mol. The molecule has 1 fully saturated rings. The third-order valence-electron chi connectivity index (χ3n) is 4.41. The number of carbonyl (C=O) groups is 1. The van der Waals surface area contributed by atoms with Gasteiger partial charge in [0.05, 0.1) is 18.4 Å². The molecular formula is C18H14F3N3O3. The SMILES string of the molecule is O=C1CC(c2noc(-c3ccc(C(F)(F)F)cc3)n2)CN1Cc1ccco1. The van der Waals surface area contributed by atoms with Gasteiger partial charge in [-0.1, -0.05) is 5.16 Å². The second-order valence-electron chi connectivity index (χ2n) is 6.29. The van der Waals surface area contributed by atoms with Crippen LogP contribution in [0.4, 0.5) is 13.2 Å². The fraction of sp³-hybridized carbons (Fsp3) is 0.278. The first kappa shape index (κ1) is 17.3. The normalized spacial score (nSPS) is 17.7. The number of nitrogens with zero attached hydrogens (tertiary/aromatic N) is 3. The van der Waals surface area contributed by atoms with Crippen LogP contribution in [-0.4, -0.2) is 27.5 Å². The molecule has 3 aromatic rings. The second-order valence-corrected chi connectivity index (χ2v) is 6.29. The quantitative estimate of drug-likeness (QED) is 0.690. The molecule has 0 saturated carbocycles. The first-order valence-electron chi connectivity index (χ1n) is 8.21.